The lowest BCUT2D eigenvalue weighted by molar-refractivity contribution is -0.156. The minimum atomic E-state index is -1.40. The summed E-state index contributed by atoms with van der Waals surface area (Å²) in [5.41, 5.74) is 5.60. The van der Waals surface area contributed by atoms with E-state index in [1.165, 1.54) is 73.2 Å². The van der Waals surface area contributed by atoms with Gasteiger partial charge in [0.15, 0.2) is 0 Å². The highest BCUT2D eigenvalue weighted by Gasteiger charge is 2.45. The molecule has 29 nitrogen and oxygen atoms in total. The number of hydrogen-bond donors (Lipinski definition) is 9. The van der Waals surface area contributed by atoms with Crippen molar-refractivity contribution in [3.05, 3.63) is 0 Å². The molecule has 12 atom stereocenters. The van der Waals surface area contributed by atoms with Crippen LogP contribution in [0, 0.1) is 11.8 Å². The van der Waals surface area contributed by atoms with Crippen molar-refractivity contribution in [2.45, 2.75) is 193 Å². The van der Waals surface area contributed by atoms with Crippen molar-refractivity contribution in [2.75, 3.05) is 46.8 Å². The summed E-state index contributed by atoms with van der Waals surface area (Å²) in [7, 11) is 2.82. The topological polar surface area (TPSA) is 397 Å². The minimum Gasteiger partial charge on any atom is -0.481 e. The zero-order chi connectivity index (χ0) is 61.8. The molecule has 0 aliphatic carbocycles. The van der Waals surface area contributed by atoms with Gasteiger partial charge in [0.05, 0.1) is 19.0 Å². The highest BCUT2D eigenvalue weighted by molar-refractivity contribution is 5.99. The van der Waals surface area contributed by atoms with E-state index in [4.69, 9.17) is 10.8 Å². The second-order valence-corrected chi connectivity index (χ2v) is 22.5. The molecule has 0 bridgehead atoms. The fraction of sp³-hybridized carbons (Fsp3) is 0.736. The maximum absolute atomic E-state index is 14.2. The van der Waals surface area contributed by atoms with Crippen LogP contribution in [0.25, 0.3) is 0 Å². The molecule has 82 heavy (non-hydrogen) atoms. The van der Waals surface area contributed by atoms with Crippen molar-refractivity contribution in [1.29, 1.82) is 0 Å². The lowest BCUT2D eigenvalue weighted by Crippen LogP contribution is -2.60. The van der Waals surface area contributed by atoms with E-state index in [9.17, 15) is 72.2 Å². The van der Waals surface area contributed by atoms with Crippen molar-refractivity contribution in [3.63, 3.8) is 0 Å². The highest BCUT2D eigenvalue weighted by Crippen LogP contribution is 2.27. The Hall–Kier alpha value is -7.46. The molecule has 0 radical (unpaired) electrons. The van der Waals surface area contributed by atoms with Gasteiger partial charge >= 0.3 is 11.9 Å². The van der Waals surface area contributed by atoms with Crippen LogP contribution in [0.15, 0.2) is 0 Å². The number of hydrogen-bond acceptors (Lipinski definition) is 15. The van der Waals surface area contributed by atoms with E-state index in [0.717, 1.165) is 4.90 Å². The summed E-state index contributed by atoms with van der Waals surface area (Å²) in [4.78, 5) is 192. The largest absolute Gasteiger partial charge is 0.481 e. The van der Waals surface area contributed by atoms with Crippen LogP contribution in [0.1, 0.15) is 120 Å². The number of nitrogens with two attached hydrogens (primary N) is 1. The number of likely N-dealkylation sites (N-methyl/N-ethyl adjacent to an activating group) is 2. The van der Waals surface area contributed by atoms with Crippen molar-refractivity contribution in [3.8, 4) is 0 Å². The van der Waals surface area contributed by atoms with Gasteiger partial charge in [-0.15, -0.1) is 0 Å². The van der Waals surface area contributed by atoms with Gasteiger partial charge in [0.1, 0.15) is 66.5 Å². The maximum Gasteiger partial charge on any atom is 0.326 e. The first-order valence-corrected chi connectivity index (χ1v) is 28.1. The zero-order valence-electron chi connectivity index (χ0n) is 48.9. The Labute approximate surface area is 477 Å². The predicted octanol–water partition coefficient (Wildman–Crippen LogP) is -3.56. The molecule has 0 spiro atoms. The Morgan fingerprint density at radius 1 is 0.476 bits per heavy atom. The Kier molecular flexibility index (Phi) is 24.1. The second-order valence-electron chi connectivity index (χ2n) is 22.5. The molecule has 0 unspecified atom stereocenters. The van der Waals surface area contributed by atoms with Gasteiger partial charge in [-0.3, -0.25) is 62.3 Å². The molecule has 458 valence electrons. The van der Waals surface area contributed by atoms with Crippen molar-refractivity contribution in [2.24, 2.45) is 17.6 Å². The summed E-state index contributed by atoms with van der Waals surface area (Å²) in [6, 6.07) is -13.3. The molecule has 0 aromatic carbocycles. The van der Waals surface area contributed by atoms with Gasteiger partial charge in [-0.05, 0) is 97.8 Å². The number of carboxylic acids is 2. The number of rotatable bonds is 25. The second kappa shape index (κ2) is 29.5. The van der Waals surface area contributed by atoms with E-state index in [1.807, 2.05) is 0 Å². The standard InChI is InChI=1S/C53H85N13O16/c1-26(2)40(52(80)66-23-15-19-37(66)51(79)62(11)41(27(3)4)53(81)82)61(10)48(76)30(7)60-45(73)34-16-12-20-63(34)38(67)25-55-42(70)28(5)56-46(74)35-17-13-21-64(35)49(77)31(8)58-43(71)29(6)57-47(75)36-18-14-22-65(36)50(78)32(9)59-44(72)33(54)24-39(68)69/h26-37,40-41H,12-25,54H2,1-11H3,(H,55,70)(H,56,74)(H,57,75)(H,58,71)(H,59,72)(H,60,73)(H,68,69)(H,81,82)/t28-,29-,30-,31-,32-,33-,34-,35-,36-,37-,40-,41-/m0/s1. The minimum absolute atomic E-state index is 0.152. The number of carboxylic acid groups (broad SMARTS) is 2. The third-order valence-electron chi connectivity index (χ3n) is 15.5. The van der Waals surface area contributed by atoms with Crippen molar-refractivity contribution in [1.82, 2.24) is 61.3 Å². The van der Waals surface area contributed by atoms with Crippen LogP contribution in [-0.4, -0.2) is 242 Å². The number of nitrogens with zero attached hydrogens (tertiary/aromatic N) is 6. The number of likely N-dealkylation sites (tertiary alicyclic amines) is 4. The Balaban J connectivity index is 1.25. The summed E-state index contributed by atoms with van der Waals surface area (Å²) in [5.74, 6) is -11.1. The molecular formula is C53H85N13O16. The molecule has 0 saturated carbocycles. The highest BCUT2D eigenvalue weighted by atomic mass is 16.4. The van der Waals surface area contributed by atoms with Gasteiger partial charge in [0.2, 0.25) is 70.9 Å². The van der Waals surface area contributed by atoms with E-state index in [0.29, 0.717) is 32.1 Å². The average Bonchev–Trinajstić information content (AvgIpc) is 4.43. The van der Waals surface area contributed by atoms with E-state index in [-0.39, 0.29) is 45.4 Å². The number of aliphatic carboxylic acids is 2. The van der Waals surface area contributed by atoms with Gasteiger partial charge in [-0.25, -0.2) is 4.79 Å². The van der Waals surface area contributed by atoms with Gasteiger partial charge in [0, 0.05) is 40.3 Å². The summed E-state index contributed by atoms with van der Waals surface area (Å²) in [5, 5.41) is 33.9. The van der Waals surface area contributed by atoms with Gasteiger partial charge in [0.25, 0.3) is 0 Å². The average molecular weight is 1160 g/mol. The first kappa shape index (κ1) is 67.0. The van der Waals surface area contributed by atoms with E-state index in [2.05, 4.69) is 31.9 Å². The summed E-state index contributed by atoms with van der Waals surface area (Å²) >= 11 is 0. The lowest BCUT2D eigenvalue weighted by atomic mass is 9.99. The lowest BCUT2D eigenvalue weighted by Gasteiger charge is -2.38. The monoisotopic (exact) mass is 1160 g/mol. The fourth-order valence-corrected chi connectivity index (χ4v) is 11.1. The molecule has 0 aromatic heterocycles. The van der Waals surface area contributed by atoms with Crippen molar-refractivity contribution < 1.29 is 77.3 Å². The first-order chi connectivity index (χ1) is 38.3. The Bertz CT molecular complexity index is 2460. The summed E-state index contributed by atoms with van der Waals surface area (Å²) < 4.78 is 0. The van der Waals surface area contributed by atoms with Crippen LogP contribution in [0.2, 0.25) is 0 Å². The first-order valence-electron chi connectivity index (χ1n) is 28.1. The molecule has 4 saturated heterocycles. The third-order valence-corrected chi connectivity index (χ3v) is 15.5. The number of amides is 12. The molecule has 0 aromatic rings. The molecule has 4 aliphatic heterocycles. The van der Waals surface area contributed by atoms with Gasteiger partial charge in [-0.2, -0.15) is 0 Å². The van der Waals surface area contributed by atoms with Crippen LogP contribution in [-0.2, 0) is 67.1 Å². The summed E-state index contributed by atoms with van der Waals surface area (Å²) in [6.07, 6.45) is 2.18. The van der Waals surface area contributed by atoms with E-state index in [1.54, 1.807) is 27.7 Å². The quantitative estimate of drug-likeness (QED) is 0.0427. The molecule has 4 rings (SSSR count). The van der Waals surface area contributed by atoms with Gasteiger partial charge in [-0.1, -0.05) is 27.7 Å². The van der Waals surface area contributed by atoms with Crippen molar-refractivity contribution >= 4 is 82.8 Å². The summed E-state index contributed by atoms with van der Waals surface area (Å²) in [6.45, 7) is 14.0. The number of carbonyl (C=O) groups excluding carboxylic acids is 12. The Morgan fingerprint density at radius 2 is 0.866 bits per heavy atom. The van der Waals surface area contributed by atoms with E-state index < -0.39 is 180 Å². The smallest absolute Gasteiger partial charge is 0.326 e. The molecule has 12 amide bonds. The molecular weight excluding hydrogens is 1070 g/mol. The van der Waals surface area contributed by atoms with Crippen LogP contribution in [0.4, 0.5) is 0 Å². The van der Waals surface area contributed by atoms with Crippen LogP contribution >= 0.6 is 0 Å². The predicted molar refractivity (Wildman–Crippen MR) is 291 cm³/mol. The van der Waals surface area contributed by atoms with Crippen LogP contribution in [0.5, 0.6) is 0 Å². The zero-order valence-corrected chi connectivity index (χ0v) is 48.9. The molecule has 10 N–H and O–H groups in total. The molecule has 4 fully saturated rings. The van der Waals surface area contributed by atoms with Crippen LogP contribution in [0.3, 0.4) is 0 Å². The molecule has 4 aliphatic rings. The van der Waals surface area contributed by atoms with Gasteiger partial charge < -0.3 is 77.2 Å². The Morgan fingerprint density at radius 3 is 1.30 bits per heavy atom. The number of carbonyl (C=O) groups is 14. The SMILES string of the molecule is CC(C)[C@@H](C(=O)N1CCC[C@H]1C(=O)N(C)[C@H](C(=O)O)C(C)C)N(C)C(=O)[C@H](C)NC(=O)[C@@H]1CCCN1C(=O)CNC(=O)[C@H](C)NC(=O)[C@@H]1CCCN1C(=O)[C@H](C)NC(=O)[C@H](C)NC(=O)[C@@H]1CCCN1C(=O)[C@H](C)NC(=O)[C@@H](N)CC(=O)O. The molecule has 29 heteroatoms. The number of nitrogens with one attached hydrogen (secondary N) is 6. The molecule has 4 heterocycles. The normalized spacial score (nSPS) is 21.7. The maximum atomic E-state index is 14.2. The third kappa shape index (κ3) is 16.6. The van der Waals surface area contributed by atoms with Crippen LogP contribution < -0.4 is 37.6 Å². The fourth-order valence-electron chi connectivity index (χ4n) is 11.1. The van der Waals surface area contributed by atoms with E-state index >= 15 is 0 Å².